The first-order valence-electron chi connectivity index (χ1n) is 26.7. The molecular formula is C54H65N8O13PS. The Kier molecular flexibility index (Phi) is 13.3. The molecule has 23 heteroatoms. The molecule has 12 rings (SSSR count). The topological polar surface area (TPSA) is 260 Å². The second kappa shape index (κ2) is 19.8. The molecule has 3 aromatic carbocycles. The second-order valence-electron chi connectivity index (χ2n) is 22.6. The van der Waals surface area contributed by atoms with E-state index in [0.29, 0.717) is 86.9 Å². The van der Waals surface area contributed by atoms with E-state index in [1.807, 2.05) is 29.2 Å². The smallest absolute Gasteiger partial charge is 0.470 e. The first kappa shape index (κ1) is 51.9. The van der Waals surface area contributed by atoms with Gasteiger partial charge in [0.2, 0.25) is 5.88 Å². The first-order valence-corrected chi connectivity index (χ1v) is 29.7. The number of carbonyl (C=O) groups excluding carboxylic acids is 1. The number of aromatic amines is 1. The Labute approximate surface area is 446 Å². The minimum atomic E-state index is -4.78. The van der Waals surface area contributed by atoms with Crippen LogP contribution in [0.5, 0.6) is 11.6 Å². The van der Waals surface area contributed by atoms with Crippen molar-refractivity contribution in [2.24, 2.45) is 11.3 Å². The molecule has 0 unspecified atom stereocenters. The van der Waals surface area contributed by atoms with Crippen LogP contribution < -0.4 is 29.3 Å². The van der Waals surface area contributed by atoms with Crippen molar-refractivity contribution in [3.8, 4) is 11.6 Å². The van der Waals surface area contributed by atoms with Gasteiger partial charge >= 0.3 is 7.82 Å². The van der Waals surface area contributed by atoms with Crippen LogP contribution in [0.1, 0.15) is 99.2 Å². The Morgan fingerprint density at radius 2 is 1.74 bits per heavy atom. The number of amides is 1. The van der Waals surface area contributed by atoms with E-state index < -0.39 is 57.0 Å². The molecule has 410 valence electrons. The third kappa shape index (κ3) is 9.93. The number of fused-ring (bicyclic) bond motifs is 4. The molecule has 2 aliphatic carbocycles. The highest BCUT2D eigenvalue weighted by Gasteiger charge is 2.51. The summed E-state index contributed by atoms with van der Waals surface area (Å²) in [7, 11) is -9.51. The number of morpholine rings is 1. The van der Waals surface area contributed by atoms with Gasteiger partial charge in [-0.25, -0.2) is 17.7 Å². The summed E-state index contributed by atoms with van der Waals surface area (Å²) in [6.07, 6.45) is 7.73. The molecule has 3 saturated heterocycles. The number of carbonyl (C=O) groups is 1. The molecule has 5 aliphatic heterocycles. The summed E-state index contributed by atoms with van der Waals surface area (Å²) in [5.74, 6) is -0.766. The van der Waals surface area contributed by atoms with Crippen molar-refractivity contribution in [3.05, 3.63) is 99.7 Å². The van der Waals surface area contributed by atoms with Gasteiger partial charge in [-0.05, 0) is 131 Å². The van der Waals surface area contributed by atoms with Gasteiger partial charge in [0.25, 0.3) is 21.6 Å². The molecule has 0 radical (unpaired) electrons. The highest BCUT2D eigenvalue weighted by Crippen LogP contribution is 2.55. The predicted octanol–water partition coefficient (Wildman–Crippen LogP) is 8.03. The summed E-state index contributed by atoms with van der Waals surface area (Å²) < 4.78 is 72.5. The number of pyridine rings is 1. The number of ether oxygens (including phenoxy) is 4. The molecule has 1 spiro atoms. The zero-order valence-corrected chi connectivity index (χ0v) is 45.0. The Balaban J connectivity index is 0.820. The average Bonchev–Trinajstić information content (AvgIpc) is 3.97. The zero-order chi connectivity index (χ0) is 53.6. The van der Waals surface area contributed by atoms with E-state index in [9.17, 15) is 37.7 Å². The Morgan fingerprint density at radius 1 is 0.961 bits per heavy atom. The highest BCUT2D eigenvalue weighted by atomic mass is 32.2. The number of anilines is 4. The molecule has 2 saturated carbocycles. The van der Waals surface area contributed by atoms with Crippen molar-refractivity contribution in [1.29, 1.82) is 0 Å². The number of H-pyrrole nitrogens is 1. The van der Waals surface area contributed by atoms with Crippen molar-refractivity contribution >= 4 is 63.2 Å². The highest BCUT2D eigenvalue weighted by molar-refractivity contribution is 7.90. The van der Waals surface area contributed by atoms with Gasteiger partial charge in [0.1, 0.15) is 24.0 Å². The Hall–Kier alpha value is -5.84. The molecule has 5 fully saturated rings. The van der Waals surface area contributed by atoms with E-state index >= 15 is 0 Å². The molecule has 77 heavy (non-hydrogen) atoms. The lowest BCUT2D eigenvalue weighted by molar-refractivity contribution is -0.384. The van der Waals surface area contributed by atoms with Gasteiger partial charge in [-0.3, -0.25) is 24.3 Å². The third-order valence-corrected chi connectivity index (χ3v) is 19.6. The van der Waals surface area contributed by atoms with E-state index in [0.717, 1.165) is 55.9 Å². The standard InChI is InChI=1S/C54H65N8O13PS/c1-32-6-4-5-7-39(32)46-30-72-28-33(2)60(46)37-26-54(27-37)16-19-59(20-17-54)36-8-9-40(43(23-36)61-42-13-21-71-31-48(42)74-52-45(61)22-35-12-18-55-50(35)57-52)51(63)58-77(69,70)38-24-44(62(64)65)49-47(25-38)73-29-41(56-49)34-10-14-53(3,15-11-34)75-76(66,67)68/h4-9,12,18,22-25,33-34,37,41-42,46,48,56H,10-11,13-17,19-21,26-31H2,1-3H3,(H,55,57)(H,58,63)(H2,66,67,68)/t33-,34?,41+,42+,46+,48+,53?/m1/s1. The maximum atomic E-state index is 14.9. The van der Waals surface area contributed by atoms with E-state index in [4.69, 9.17) is 28.5 Å². The number of nitro groups is 1. The first-order chi connectivity index (χ1) is 36.8. The molecular weight excluding hydrogens is 1030 g/mol. The van der Waals surface area contributed by atoms with Crippen molar-refractivity contribution in [3.63, 3.8) is 0 Å². The summed E-state index contributed by atoms with van der Waals surface area (Å²) in [5, 5.41) is 16.7. The maximum absolute atomic E-state index is 14.9. The van der Waals surface area contributed by atoms with Crippen molar-refractivity contribution in [1.82, 2.24) is 19.6 Å². The van der Waals surface area contributed by atoms with Crippen LogP contribution in [0.2, 0.25) is 0 Å². The van der Waals surface area contributed by atoms with Crippen LogP contribution in [-0.2, 0) is 28.6 Å². The van der Waals surface area contributed by atoms with Gasteiger partial charge in [0.15, 0.2) is 11.4 Å². The quantitative estimate of drug-likeness (QED) is 0.0476. The van der Waals surface area contributed by atoms with Crippen molar-refractivity contribution < 1.29 is 56.0 Å². The number of aromatic nitrogens is 2. The van der Waals surface area contributed by atoms with Gasteiger partial charge in [0, 0.05) is 61.2 Å². The number of piperidine rings is 1. The minimum absolute atomic E-state index is 0.00410. The number of nitro benzene ring substituents is 1. The van der Waals surface area contributed by atoms with E-state index in [-0.39, 0.29) is 53.6 Å². The summed E-state index contributed by atoms with van der Waals surface area (Å²) in [6, 6.07) is 20.3. The Bertz CT molecular complexity index is 3280. The fourth-order valence-electron chi connectivity index (χ4n) is 13.6. The van der Waals surface area contributed by atoms with Gasteiger partial charge in [-0.15, -0.1) is 0 Å². The summed E-state index contributed by atoms with van der Waals surface area (Å²) in [6.45, 7) is 9.82. The van der Waals surface area contributed by atoms with Crippen LogP contribution in [0.4, 0.5) is 28.4 Å². The molecule has 5 aromatic rings. The largest absolute Gasteiger partial charge is 0.489 e. The fourth-order valence-corrected chi connectivity index (χ4v) is 15.3. The van der Waals surface area contributed by atoms with Crippen LogP contribution in [0.15, 0.2) is 77.8 Å². The van der Waals surface area contributed by atoms with E-state index in [1.54, 1.807) is 19.2 Å². The molecule has 7 aliphatic rings. The number of hydrogen-bond donors (Lipinski definition) is 5. The number of nitrogens with zero attached hydrogens (tertiary/aromatic N) is 5. The lowest BCUT2D eigenvalue weighted by Crippen LogP contribution is -2.60. The van der Waals surface area contributed by atoms with Gasteiger partial charge in [0.05, 0.1) is 64.6 Å². The van der Waals surface area contributed by atoms with Crippen LogP contribution in [0.3, 0.4) is 0 Å². The molecule has 5 atom stereocenters. The maximum Gasteiger partial charge on any atom is 0.470 e. The predicted molar refractivity (Wildman–Crippen MR) is 285 cm³/mol. The fraction of sp³-hybridized carbons (Fsp3) is 0.519. The zero-order valence-electron chi connectivity index (χ0n) is 43.3. The number of phosphoric ester groups is 1. The molecule has 2 aromatic heterocycles. The third-order valence-electron chi connectivity index (χ3n) is 17.6. The molecule has 5 N–H and O–H groups in total. The SMILES string of the molecule is Cc1ccccc1[C@@H]1COC[C@@H](C)N1C1CC2(CCN(c3ccc(C(=O)NS(=O)(=O)c4cc5c(c([N+](=O)[O-])c4)N[C@H](C4CCC(C)(OP(=O)(O)O)CC4)CO5)c(N4c5cc6cc[nH]c6nc5O[C@H]5COCC[C@@H]54)c3)CC2)C1. The number of rotatable bonds is 11. The van der Waals surface area contributed by atoms with Crippen molar-refractivity contribution in [2.45, 2.75) is 125 Å². The van der Waals surface area contributed by atoms with Crippen LogP contribution >= 0.6 is 7.82 Å². The van der Waals surface area contributed by atoms with Gasteiger partial charge in [-0.1, -0.05) is 24.3 Å². The number of benzene rings is 3. The summed E-state index contributed by atoms with van der Waals surface area (Å²) in [4.78, 5) is 60.3. The summed E-state index contributed by atoms with van der Waals surface area (Å²) in [5.41, 5.74) is 3.84. The van der Waals surface area contributed by atoms with Gasteiger partial charge < -0.3 is 48.8 Å². The minimum Gasteiger partial charge on any atom is -0.489 e. The van der Waals surface area contributed by atoms with Crippen LogP contribution in [0.25, 0.3) is 11.0 Å². The molecule has 7 heterocycles. The van der Waals surface area contributed by atoms with Crippen LogP contribution in [0, 0.1) is 28.4 Å². The van der Waals surface area contributed by atoms with Crippen molar-refractivity contribution in [2.75, 3.05) is 61.2 Å². The second-order valence-corrected chi connectivity index (χ2v) is 25.4. The number of sulfonamides is 1. The lowest BCUT2D eigenvalue weighted by Gasteiger charge is -2.59. The van der Waals surface area contributed by atoms with E-state index in [1.165, 1.54) is 17.2 Å². The molecule has 1 amide bonds. The number of nitrogens with one attached hydrogen (secondary N) is 3. The number of phosphoric acid groups is 1. The molecule has 0 bridgehead atoms. The van der Waals surface area contributed by atoms with E-state index in [2.05, 4.69) is 62.9 Å². The Morgan fingerprint density at radius 3 is 2.49 bits per heavy atom. The normalized spacial score (nSPS) is 27.5. The van der Waals surface area contributed by atoms with Crippen LogP contribution in [-0.4, -0.2) is 126 Å². The number of hydrogen-bond acceptors (Lipinski definition) is 16. The van der Waals surface area contributed by atoms with Gasteiger partial charge in [-0.2, -0.15) is 4.98 Å². The monoisotopic (exact) mass is 1100 g/mol. The molecule has 21 nitrogen and oxygen atoms in total. The average molecular weight is 1100 g/mol. The lowest BCUT2D eigenvalue weighted by atomic mass is 9.59. The number of aryl methyl sites for hydroxylation is 1. The summed E-state index contributed by atoms with van der Waals surface area (Å²) >= 11 is 0.